The van der Waals surface area contributed by atoms with Gasteiger partial charge >= 0.3 is 0 Å². The molecular formula is C23H25NO5. The number of carbonyl (C=O) groups excluding carboxylic acids is 2. The minimum Gasteiger partial charge on any atom is -0.507 e. The number of ether oxygens (including phenoxy) is 2. The van der Waals surface area contributed by atoms with E-state index in [1.54, 1.807) is 41.3 Å². The van der Waals surface area contributed by atoms with E-state index >= 15 is 0 Å². The highest BCUT2D eigenvalue weighted by molar-refractivity contribution is 6.03. The van der Waals surface area contributed by atoms with E-state index in [2.05, 4.69) is 6.58 Å². The van der Waals surface area contributed by atoms with Crippen LogP contribution in [-0.4, -0.2) is 48.0 Å². The van der Waals surface area contributed by atoms with Gasteiger partial charge in [-0.05, 0) is 44.0 Å². The zero-order valence-electron chi connectivity index (χ0n) is 16.5. The number of phenols is 1. The molecule has 0 bridgehead atoms. The molecular weight excluding hydrogens is 370 g/mol. The molecule has 1 aliphatic heterocycles. The summed E-state index contributed by atoms with van der Waals surface area (Å²) in [6.07, 6.45) is 3.87. The lowest BCUT2D eigenvalue weighted by atomic mass is 10.1. The van der Waals surface area contributed by atoms with Gasteiger partial charge in [0.05, 0.1) is 29.3 Å². The summed E-state index contributed by atoms with van der Waals surface area (Å²) in [7, 11) is 0. The van der Waals surface area contributed by atoms with Gasteiger partial charge < -0.3 is 19.5 Å². The molecule has 1 heterocycles. The van der Waals surface area contributed by atoms with Gasteiger partial charge in [-0.3, -0.25) is 9.59 Å². The van der Waals surface area contributed by atoms with E-state index in [1.807, 2.05) is 6.92 Å². The Bertz CT molecular complexity index is 908. The highest BCUT2D eigenvalue weighted by Crippen LogP contribution is 2.30. The third kappa shape index (κ3) is 4.26. The van der Waals surface area contributed by atoms with Crippen LogP contribution in [-0.2, 0) is 0 Å². The number of benzene rings is 2. The average molecular weight is 395 g/mol. The molecule has 0 aromatic heterocycles. The second-order valence-electron chi connectivity index (χ2n) is 6.77. The summed E-state index contributed by atoms with van der Waals surface area (Å²) in [6, 6.07) is 9.96. The molecule has 0 radical (unpaired) electrons. The largest absolute Gasteiger partial charge is 0.507 e. The number of phenolic OH excluding ortho intramolecular Hbond substituents is 1. The predicted octanol–water partition coefficient (Wildman–Crippen LogP) is 3.93. The summed E-state index contributed by atoms with van der Waals surface area (Å²) in [5.41, 5.74) is 1.13. The molecule has 0 saturated carbocycles. The lowest BCUT2D eigenvalue weighted by Crippen LogP contribution is -2.39. The van der Waals surface area contributed by atoms with Gasteiger partial charge in [0.2, 0.25) is 0 Å². The van der Waals surface area contributed by atoms with Crippen molar-refractivity contribution in [2.45, 2.75) is 25.8 Å². The molecule has 1 fully saturated rings. The van der Waals surface area contributed by atoms with Crippen LogP contribution >= 0.6 is 0 Å². The molecule has 3 rings (SSSR count). The van der Waals surface area contributed by atoms with Crippen LogP contribution < -0.4 is 9.47 Å². The number of aldehydes is 1. The van der Waals surface area contributed by atoms with Crippen molar-refractivity contribution in [2.24, 2.45) is 0 Å². The van der Waals surface area contributed by atoms with Crippen LogP contribution in [0.15, 0.2) is 43.0 Å². The van der Waals surface area contributed by atoms with Gasteiger partial charge in [0.1, 0.15) is 23.9 Å². The zero-order chi connectivity index (χ0) is 20.8. The van der Waals surface area contributed by atoms with Crippen LogP contribution in [0.5, 0.6) is 17.2 Å². The molecule has 1 saturated heterocycles. The van der Waals surface area contributed by atoms with Crippen LogP contribution in [0.3, 0.4) is 0 Å². The third-order valence-corrected chi connectivity index (χ3v) is 5.03. The summed E-state index contributed by atoms with van der Waals surface area (Å²) in [6.45, 7) is 6.83. The molecule has 1 atom stereocenters. The van der Waals surface area contributed by atoms with Crippen molar-refractivity contribution in [3.05, 3.63) is 59.7 Å². The molecule has 1 N–H and O–H groups in total. The highest BCUT2D eigenvalue weighted by Gasteiger charge is 2.31. The number of likely N-dealkylation sites (tertiary alicyclic amines) is 1. The van der Waals surface area contributed by atoms with Crippen molar-refractivity contribution in [3.63, 3.8) is 0 Å². The summed E-state index contributed by atoms with van der Waals surface area (Å²) in [5, 5.41) is 9.94. The lowest BCUT2D eigenvalue weighted by molar-refractivity contribution is 0.0688. The fourth-order valence-corrected chi connectivity index (χ4v) is 3.61. The summed E-state index contributed by atoms with van der Waals surface area (Å²) >= 11 is 0. The molecule has 1 amide bonds. The van der Waals surface area contributed by atoms with Crippen molar-refractivity contribution in [1.82, 2.24) is 4.90 Å². The summed E-state index contributed by atoms with van der Waals surface area (Å²) < 4.78 is 11.4. The lowest BCUT2D eigenvalue weighted by Gasteiger charge is -2.26. The predicted molar refractivity (Wildman–Crippen MR) is 111 cm³/mol. The van der Waals surface area contributed by atoms with Crippen LogP contribution in [0.1, 0.15) is 46.0 Å². The van der Waals surface area contributed by atoms with Crippen LogP contribution in [0.4, 0.5) is 0 Å². The Morgan fingerprint density at radius 3 is 2.62 bits per heavy atom. The molecule has 6 heteroatoms. The maximum absolute atomic E-state index is 13.2. The Morgan fingerprint density at radius 1 is 1.21 bits per heavy atom. The number of amides is 1. The fourth-order valence-electron chi connectivity index (χ4n) is 3.61. The minimum absolute atomic E-state index is 0.0974. The van der Waals surface area contributed by atoms with Gasteiger partial charge in [-0.15, -0.1) is 0 Å². The first kappa shape index (κ1) is 20.5. The van der Waals surface area contributed by atoms with Gasteiger partial charge in [-0.2, -0.15) is 0 Å². The van der Waals surface area contributed by atoms with Gasteiger partial charge in [-0.25, -0.2) is 0 Å². The molecule has 0 spiro atoms. The van der Waals surface area contributed by atoms with Crippen molar-refractivity contribution in [3.8, 4) is 17.2 Å². The van der Waals surface area contributed by atoms with Gasteiger partial charge in [0.15, 0.2) is 6.29 Å². The topological polar surface area (TPSA) is 76.1 Å². The number of carbonyl (C=O) groups is 2. The molecule has 2 aromatic rings. The number of aromatic hydroxyl groups is 1. The number of hydrogen-bond acceptors (Lipinski definition) is 5. The van der Waals surface area contributed by atoms with Gasteiger partial charge in [0, 0.05) is 6.54 Å². The molecule has 0 aliphatic carbocycles. The fraction of sp³-hybridized carbons (Fsp3) is 0.304. The van der Waals surface area contributed by atoms with Crippen molar-refractivity contribution in [2.75, 3.05) is 19.8 Å². The standard InChI is InChI=1S/C23H25NO5/c1-3-17-20(26)10-6-12-21(17)29-15-16-8-7-13-24(16)23(27)18-9-5-11-22(28-4-2)19(18)14-25/h3,5-6,9-12,14,16,26H,1,4,7-8,13,15H2,2H3/t16-/m0/s1. The first-order valence-electron chi connectivity index (χ1n) is 9.69. The van der Waals surface area contributed by atoms with Crippen molar-refractivity contribution < 1.29 is 24.2 Å². The molecule has 0 unspecified atom stereocenters. The van der Waals surface area contributed by atoms with Crippen LogP contribution in [0.25, 0.3) is 6.08 Å². The Kier molecular flexibility index (Phi) is 6.54. The van der Waals surface area contributed by atoms with E-state index in [0.29, 0.717) is 42.1 Å². The number of hydrogen-bond donors (Lipinski definition) is 1. The Hall–Kier alpha value is -3.28. The highest BCUT2D eigenvalue weighted by atomic mass is 16.5. The second kappa shape index (κ2) is 9.28. The smallest absolute Gasteiger partial charge is 0.255 e. The molecule has 6 nitrogen and oxygen atoms in total. The number of rotatable bonds is 8. The SMILES string of the molecule is C=Cc1c(O)cccc1OC[C@@H]1CCCN1C(=O)c1cccc(OCC)c1C=O. The summed E-state index contributed by atoms with van der Waals surface area (Å²) in [4.78, 5) is 26.6. The Balaban J connectivity index is 1.78. The van der Waals surface area contributed by atoms with Crippen LogP contribution in [0.2, 0.25) is 0 Å². The number of nitrogens with zero attached hydrogens (tertiary/aromatic N) is 1. The average Bonchev–Trinajstić information content (AvgIpc) is 3.20. The van der Waals surface area contributed by atoms with E-state index < -0.39 is 0 Å². The van der Waals surface area contributed by atoms with E-state index in [1.165, 1.54) is 6.08 Å². The van der Waals surface area contributed by atoms with Crippen molar-refractivity contribution >= 4 is 18.3 Å². The van der Waals surface area contributed by atoms with E-state index in [-0.39, 0.29) is 29.9 Å². The monoisotopic (exact) mass is 395 g/mol. The van der Waals surface area contributed by atoms with E-state index in [4.69, 9.17) is 9.47 Å². The molecule has 29 heavy (non-hydrogen) atoms. The van der Waals surface area contributed by atoms with E-state index in [9.17, 15) is 14.7 Å². The Morgan fingerprint density at radius 2 is 1.93 bits per heavy atom. The molecule has 1 aliphatic rings. The van der Waals surface area contributed by atoms with Gasteiger partial charge in [-0.1, -0.05) is 24.8 Å². The Labute approximate surface area is 170 Å². The summed E-state index contributed by atoms with van der Waals surface area (Å²) in [5.74, 6) is 0.821. The first-order valence-corrected chi connectivity index (χ1v) is 9.69. The second-order valence-corrected chi connectivity index (χ2v) is 6.77. The van der Waals surface area contributed by atoms with Crippen molar-refractivity contribution in [1.29, 1.82) is 0 Å². The third-order valence-electron chi connectivity index (χ3n) is 5.03. The minimum atomic E-state index is -0.209. The quantitative estimate of drug-likeness (QED) is 0.686. The van der Waals surface area contributed by atoms with Gasteiger partial charge in [0.25, 0.3) is 5.91 Å². The molecule has 2 aromatic carbocycles. The first-order chi connectivity index (χ1) is 14.1. The normalized spacial score (nSPS) is 15.8. The van der Waals surface area contributed by atoms with E-state index in [0.717, 1.165) is 12.8 Å². The maximum atomic E-state index is 13.2. The zero-order valence-corrected chi connectivity index (χ0v) is 16.5. The van der Waals surface area contributed by atoms with Crippen LogP contribution in [0, 0.1) is 0 Å². The maximum Gasteiger partial charge on any atom is 0.255 e. The molecule has 152 valence electrons.